The molecule has 2 aromatic heterocycles. The fraction of sp³-hybridized carbons (Fsp3) is 0.125. The van der Waals surface area contributed by atoms with E-state index in [4.69, 9.17) is 10.4 Å². The molecular weight excluding hydrogens is 340 g/mol. The van der Waals surface area contributed by atoms with Gasteiger partial charge in [0.2, 0.25) is 13.1 Å². The second-order valence-electron chi connectivity index (χ2n) is 5.13. The van der Waals surface area contributed by atoms with Gasteiger partial charge in [-0.2, -0.15) is 9.13 Å². The van der Waals surface area contributed by atoms with Crippen molar-refractivity contribution in [1.29, 1.82) is 0 Å². The molecule has 0 aliphatic heterocycles. The van der Waals surface area contributed by atoms with Gasteiger partial charge in [0, 0.05) is 12.1 Å². The van der Waals surface area contributed by atoms with Crippen LogP contribution in [0.2, 0.25) is 0 Å². The van der Waals surface area contributed by atoms with E-state index in [1.807, 2.05) is 21.5 Å². The van der Waals surface area contributed by atoms with E-state index in [2.05, 4.69) is 20.9 Å². The minimum Gasteiger partial charge on any atom is -0.411 e. The van der Waals surface area contributed by atoms with Gasteiger partial charge >= 0.3 is 0 Å². The molecule has 0 atom stereocenters. The van der Waals surface area contributed by atoms with Crippen molar-refractivity contribution >= 4 is 35.6 Å². The Bertz CT molecular complexity index is 767. The fourth-order valence-electron chi connectivity index (χ4n) is 2.15. The number of aromatic nitrogens is 2. The number of amides is 2. The molecule has 2 rings (SSSR count). The molecule has 26 heavy (non-hydrogen) atoms. The molecule has 0 saturated heterocycles. The molecule has 134 valence electrons. The molecule has 10 nitrogen and oxygen atoms in total. The molecule has 0 radical (unpaired) electrons. The van der Waals surface area contributed by atoms with Crippen LogP contribution in [-0.2, 0) is 22.7 Å². The normalized spacial score (nSPS) is 10.9. The average molecular weight is 358 g/mol. The highest BCUT2D eigenvalue weighted by Gasteiger charge is 2.10. The van der Waals surface area contributed by atoms with Crippen LogP contribution in [0.25, 0.3) is 0 Å². The van der Waals surface area contributed by atoms with Gasteiger partial charge in [-0.05, 0) is 12.1 Å². The van der Waals surface area contributed by atoms with Crippen molar-refractivity contribution in [2.75, 3.05) is 10.6 Å². The van der Waals surface area contributed by atoms with E-state index in [1.54, 1.807) is 36.7 Å². The number of rotatable bonds is 7. The number of anilines is 2. The maximum atomic E-state index is 11.4. The second-order valence-corrected chi connectivity index (χ2v) is 5.13. The van der Waals surface area contributed by atoms with Crippen LogP contribution in [0.5, 0.6) is 0 Å². The zero-order chi connectivity index (χ0) is 18.8. The quantitative estimate of drug-likeness (QED) is 0.235. The largest absolute Gasteiger partial charge is 0.411 e. The Morgan fingerprint density at radius 3 is 1.69 bits per heavy atom. The predicted octanol–water partition coefficient (Wildman–Crippen LogP) is -0.241. The van der Waals surface area contributed by atoms with Crippen LogP contribution in [0, 0.1) is 0 Å². The minimum atomic E-state index is -0.533. The topological polar surface area (TPSA) is 131 Å². The first-order valence-electron chi connectivity index (χ1n) is 7.56. The summed E-state index contributed by atoms with van der Waals surface area (Å²) >= 11 is 0. The number of hydrogen-bond acceptors (Lipinski definition) is 6. The van der Waals surface area contributed by atoms with E-state index in [1.165, 1.54) is 0 Å². The molecule has 2 heterocycles. The summed E-state index contributed by atoms with van der Waals surface area (Å²) in [7, 11) is 0. The molecule has 10 heteroatoms. The van der Waals surface area contributed by atoms with Crippen LogP contribution in [0.3, 0.4) is 0 Å². The maximum absolute atomic E-state index is 11.4. The summed E-state index contributed by atoms with van der Waals surface area (Å²) in [6, 6.07) is 6.99. The van der Waals surface area contributed by atoms with Crippen LogP contribution in [0.1, 0.15) is 0 Å². The zero-order valence-electron chi connectivity index (χ0n) is 13.7. The number of nitrogens with one attached hydrogen (secondary N) is 2. The molecule has 2 aromatic rings. The highest BCUT2D eigenvalue weighted by Crippen LogP contribution is 2.02. The maximum Gasteiger partial charge on any atom is 0.270 e. The first-order chi connectivity index (χ1) is 12.6. The Hall–Kier alpha value is -3.82. The van der Waals surface area contributed by atoms with Gasteiger partial charge in [0.1, 0.15) is 23.8 Å². The third kappa shape index (κ3) is 6.00. The Kier molecular flexibility index (Phi) is 6.74. The van der Waals surface area contributed by atoms with E-state index in [0.717, 1.165) is 12.4 Å². The number of aryl methyl sites for hydroxylation is 2. The van der Waals surface area contributed by atoms with E-state index in [9.17, 15) is 9.59 Å². The van der Waals surface area contributed by atoms with Crippen molar-refractivity contribution in [3.63, 3.8) is 0 Å². The van der Waals surface area contributed by atoms with Crippen LogP contribution >= 0.6 is 0 Å². The van der Waals surface area contributed by atoms with Crippen molar-refractivity contribution in [2.45, 2.75) is 13.1 Å². The highest BCUT2D eigenvalue weighted by molar-refractivity contribution is 6.31. The van der Waals surface area contributed by atoms with E-state index in [-0.39, 0.29) is 0 Å². The van der Waals surface area contributed by atoms with E-state index < -0.39 is 11.8 Å². The Labute approximate surface area is 148 Å². The average Bonchev–Trinajstić information content (AvgIpc) is 2.61. The second kappa shape index (κ2) is 9.47. The lowest BCUT2D eigenvalue weighted by molar-refractivity contribution is -0.777. The van der Waals surface area contributed by atoms with Gasteiger partial charge < -0.3 is 21.0 Å². The van der Waals surface area contributed by atoms with Crippen LogP contribution in [0.15, 0.2) is 59.4 Å². The van der Waals surface area contributed by atoms with Gasteiger partial charge in [-0.3, -0.25) is 9.59 Å². The monoisotopic (exact) mass is 358 g/mol. The number of oxime groups is 2. The summed E-state index contributed by atoms with van der Waals surface area (Å²) in [5.41, 5.74) is 1.12. The lowest BCUT2D eigenvalue weighted by Crippen LogP contribution is -2.44. The fourth-order valence-corrected chi connectivity index (χ4v) is 2.15. The number of hydrogen-bond donors (Lipinski definition) is 4. The molecule has 0 saturated carbocycles. The molecule has 0 aliphatic carbocycles. The van der Waals surface area contributed by atoms with Crippen molar-refractivity contribution in [1.82, 2.24) is 0 Å². The molecule has 0 bridgehead atoms. The smallest absolute Gasteiger partial charge is 0.270 e. The van der Waals surface area contributed by atoms with Crippen molar-refractivity contribution in [3.8, 4) is 0 Å². The first kappa shape index (κ1) is 18.5. The molecule has 0 aliphatic rings. The standard InChI is InChI=1S/C16H16N6O4/c23-15(9-17-25)19-13-3-1-5-21(11-13)7-8-22-6-2-4-14(12-22)20-16(24)10-18-26/h1-6,9-12H,7-8H2,(H2-2,19,20,23,24,25,26)/p+2. The Morgan fingerprint density at radius 2 is 1.31 bits per heavy atom. The van der Waals surface area contributed by atoms with Gasteiger partial charge in [-0.15, -0.1) is 0 Å². The third-order valence-electron chi connectivity index (χ3n) is 3.22. The van der Waals surface area contributed by atoms with Crippen molar-refractivity contribution < 1.29 is 29.1 Å². The Balaban J connectivity index is 1.98. The van der Waals surface area contributed by atoms with Gasteiger partial charge in [0.25, 0.3) is 11.8 Å². The summed E-state index contributed by atoms with van der Waals surface area (Å²) in [6.45, 7) is 1.22. The molecule has 4 N–H and O–H groups in total. The highest BCUT2D eigenvalue weighted by atomic mass is 16.4. The lowest BCUT2D eigenvalue weighted by atomic mass is 10.3. The molecular formula is C16H18N6O4+2. The summed E-state index contributed by atoms with van der Waals surface area (Å²) in [6.07, 6.45) is 8.72. The summed E-state index contributed by atoms with van der Waals surface area (Å²) in [5.74, 6) is -1.07. The number of carbonyl (C=O) groups is 2. The summed E-state index contributed by atoms with van der Waals surface area (Å²) in [4.78, 5) is 22.8. The molecule has 0 fully saturated rings. The summed E-state index contributed by atoms with van der Waals surface area (Å²) in [5, 5.41) is 27.2. The van der Waals surface area contributed by atoms with E-state index in [0.29, 0.717) is 24.5 Å². The van der Waals surface area contributed by atoms with Crippen LogP contribution in [0.4, 0.5) is 11.4 Å². The van der Waals surface area contributed by atoms with E-state index >= 15 is 0 Å². The SMILES string of the molecule is O=C(/C=N/O)Nc1ccc[n+](CC[n+]2cccc(NC(=O)/C=N/O)c2)c1. The van der Waals surface area contributed by atoms with Gasteiger partial charge in [-0.1, -0.05) is 10.3 Å². The first-order valence-corrected chi connectivity index (χ1v) is 7.56. The number of pyridine rings is 2. The third-order valence-corrected chi connectivity index (χ3v) is 3.22. The van der Waals surface area contributed by atoms with Crippen LogP contribution in [-0.4, -0.2) is 34.7 Å². The number of nitrogens with zero attached hydrogens (tertiary/aromatic N) is 4. The molecule has 0 aromatic carbocycles. The summed E-state index contributed by atoms with van der Waals surface area (Å²) < 4.78 is 3.75. The molecule has 0 unspecified atom stereocenters. The lowest BCUT2D eigenvalue weighted by Gasteiger charge is -2.02. The minimum absolute atomic E-state index is 0.533. The number of carbonyl (C=O) groups excluding carboxylic acids is 2. The zero-order valence-corrected chi connectivity index (χ0v) is 13.7. The van der Waals surface area contributed by atoms with Crippen LogP contribution < -0.4 is 19.8 Å². The Morgan fingerprint density at radius 1 is 0.885 bits per heavy atom. The molecule has 0 spiro atoms. The van der Waals surface area contributed by atoms with Crippen molar-refractivity contribution in [3.05, 3.63) is 49.1 Å². The predicted molar refractivity (Wildman–Crippen MR) is 91.1 cm³/mol. The van der Waals surface area contributed by atoms with Gasteiger partial charge in [0.15, 0.2) is 24.8 Å². The van der Waals surface area contributed by atoms with Gasteiger partial charge in [-0.25, -0.2) is 0 Å². The molecule has 2 amide bonds. The van der Waals surface area contributed by atoms with Gasteiger partial charge in [0.05, 0.1) is 0 Å². The van der Waals surface area contributed by atoms with Crippen molar-refractivity contribution in [2.24, 2.45) is 10.3 Å².